The molecule has 0 bridgehead atoms. The van der Waals surface area contributed by atoms with Crippen LogP contribution >= 0.6 is 22.7 Å². The quantitative estimate of drug-likeness (QED) is 0.0763. The van der Waals surface area contributed by atoms with E-state index in [9.17, 15) is 0 Å². The smallest absolute Gasteiger partial charge is 0.0542 e. The molecule has 0 nitrogen and oxygen atoms in total. The van der Waals surface area contributed by atoms with Gasteiger partial charge in [-0.05, 0) is 93.5 Å². The predicted molar refractivity (Wildman–Crippen MR) is 251 cm³/mol. The van der Waals surface area contributed by atoms with E-state index >= 15 is 0 Å². The average molecular weight is 769 g/mol. The molecule has 0 aliphatic carbocycles. The van der Waals surface area contributed by atoms with Gasteiger partial charge in [-0.1, -0.05) is 199 Å². The Morgan fingerprint density at radius 2 is 0.589 bits per heavy atom. The number of fused-ring (bicyclic) bond motifs is 5. The molecule has 0 saturated carbocycles. The molecule has 0 N–H and O–H groups in total. The Morgan fingerprint density at radius 1 is 0.304 bits per heavy atom. The third kappa shape index (κ3) is 9.04. The van der Waals surface area contributed by atoms with Crippen LogP contribution in [-0.2, 0) is 12.8 Å². The number of hydrogen-bond acceptors (Lipinski definition) is 2. The van der Waals surface area contributed by atoms with Gasteiger partial charge in [-0.25, -0.2) is 0 Å². The Labute approximate surface area is 343 Å². The summed E-state index contributed by atoms with van der Waals surface area (Å²) in [4.78, 5) is 0. The summed E-state index contributed by atoms with van der Waals surface area (Å²) in [6, 6.07) is 50.8. The van der Waals surface area contributed by atoms with Crippen molar-refractivity contribution in [3.8, 4) is 44.5 Å². The average Bonchev–Trinajstić information content (AvgIpc) is 3.79. The lowest BCUT2D eigenvalue weighted by Gasteiger charge is -2.07. The zero-order valence-electron chi connectivity index (χ0n) is 33.4. The zero-order valence-corrected chi connectivity index (χ0v) is 35.1. The number of thiophene rings is 2. The van der Waals surface area contributed by atoms with E-state index in [2.05, 4.69) is 147 Å². The molecule has 0 unspecified atom stereocenters. The maximum absolute atomic E-state index is 2.39. The van der Waals surface area contributed by atoms with E-state index in [4.69, 9.17) is 0 Å². The molecular weight excluding hydrogens is 713 g/mol. The lowest BCUT2D eigenvalue weighted by Crippen LogP contribution is -1.87. The summed E-state index contributed by atoms with van der Waals surface area (Å²) in [5.41, 5.74) is 13.2. The second kappa shape index (κ2) is 18.6. The van der Waals surface area contributed by atoms with Crippen molar-refractivity contribution in [3.05, 3.63) is 145 Å². The summed E-state index contributed by atoms with van der Waals surface area (Å²) in [5, 5.41) is 2.74. The topological polar surface area (TPSA) is 0 Å². The van der Waals surface area contributed by atoms with Gasteiger partial charge in [0.2, 0.25) is 0 Å². The van der Waals surface area contributed by atoms with E-state index in [1.165, 1.54) is 175 Å². The van der Waals surface area contributed by atoms with Crippen molar-refractivity contribution in [3.63, 3.8) is 0 Å². The SMILES string of the molecule is CCCCCCCCc1ccc(-c2ccc(-c3ccc4c(c3)sc3c5ccc(-c6ccc(-c7ccc(CCCCCCCC)cc7)cc6)cc5sc43)cc2)cc1. The first-order valence-corrected chi connectivity index (χ1v) is 23.1. The zero-order chi connectivity index (χ0) is 38.1. The lowest BCUT2D eigenvalue weighted by atomic mass is 9.98. The second-order valence-electron chi connectivity index (χ2n) is 15.9. The van der Waals surface area contributed by atoms with Gasteiger partial charge in [0.15, 0.2) is 0 Å². The monoisotopic (exact) mass is 768 g/mol. The maximum Gasteiger partial charge on any atom is 0.0542 e. The summed E-state index contributed by atoms with van der Waals surface area (Å²) in [7, 11) is 0. The van der Waals surface area contributed by atoms with Gasteiger partial charge >= 0.3 is 0 Å². The van der Waals surface area contributed by atoms with E-state index in [0.717, 1.165) is 0 Å². The molecule has 6 aromatic carbocycles. The van der Waals surface area contributed by atoms with Crippen LogP contribution in [0.1, 0.15) is 102 Å². The van der Waals surface area contributed by atoms with E-state index in [0.29, 0.717) is 0 Å². The molecule has 0 fully saturated rings. The molecule has 0 radical (unpaired) electrons. The van der Waals surface area contributed by atoms with E-state index in [1.807, 2.05) is 22.7 Å². The first kappa shape index (κ1) is 38.4. The number of aryl methyl sites for hydroxylation is 2. The Hall–Kier alpha value is -4.50. The van der Waals surface area contributed by atoms with Crippen molar-refractivity contribution < 1.29 is 0 Å². The van der Waals surface area contributed by atoms with Crippen LogP contribution in [0, 0.1) is 0 Å². The molecule has 0 amide bonds. The van der Waals surface area contributed by atoms with Gasteiger partial charge in [0, 0.05) is 20.2 Å². The Balaban J connectivity index is 0.912. The molecular formula is C54H56S2. The molecule has 0 aliphatic heterocycles. The van der Waals surface area contributed by atoms with E-state index < -0.39 is 0 Å². The van der Waals surface area contributed by atoms with Gasteiger partial charge in [-0.3, -0.25) is 0 Å². The fourth-order valence-corrected chi connectivity index (χ4v) is 11.0. The highest BCUT2D eigenvalue weighted by Crippen LogP contribution is 2.46. The standard InChI is InChI=1S/C54H56S2/c1-3-5-7-9-11-13-15-39-17-21-41(22-18-39)43-25-29-45(30-26-43)47-33-35-49-51(37-47)55-54-50-36-34-48(38-52(50)56-53(49)54)46-31-27-44(28-32-46)42-23-19-40(20-24-42)16-14-12-10-8-6-4-2/h17-38H,3-16H2,1-2H3. The van der Waals surface area contributed by atoms with Crippen LogP contribution in [0.25, 0.3) is 74.1 Å². The predicted octanol–water partition coefficient (Wildman–Crippen LogP) is 17.7. The minimum atomic E-state index is 1.19. The Morgan fingerprint density at radius 3 is 0.946 bits per heavy atom. The molecule has 2 aromatic heterocycles. The number of hydrogen-bond donors (Lipinski definition) is 0. The van der Waals surface area contributed by atoms with Gasteiger partial charge in [0.1, 0.15) is 0 Å². The third-order valence-corrected chi connectivity index (χ3v) is 14.2. The minimum Gasteiger partial charge on any atom is -0.134 e. The highest BCUT2D eigenvalue weighted by molar-refractivity contribution is 7.36. The van der Waals surface area contributed by atoms with Crippen LogP contribution in [0.5, 0.6) is 0 Å². The summed E-state index contributed by atoms with van der Waals surface area (Å²) in [6.07, 6.45) is 18.6. The molecule has 2 heterocycles. The largest absolute Gasteiger partial charge is 0.134 e. The number of rotatable bonds is 18. The lowest BCUT2D eigenvalue weighted by molar-refractivity contribution is 0.607. The molecule has 284 valence electrons. The Kier molecular flexibility index (Phi) is 12.8. The second-order valence-corrected chi connectivity index (χ2v) is 18.0. The van der Waals surface area contributed by atoms with Crippen LogP contribution in [0.4, 0.5) is 0 Å². The van der Waals surface area contributed by atoms with E-state index in [-0.39, 0.29) is 0 Å². The van der Waals surface area contributed by atoms with Crippen LogP contribution in [-0.4, -0.2) is 0 Å². The molecule has 2 heteroatoms. The number of benzene rings is 6. The summed E-state index contributed by atoms with van der Waals surface area (Å²) in [6.45, 7) is 4.57. The van der Waals surface area contributed by atoms with Crippen molar-refractivity contribution in [2.24, 2.45) is 0 Å². The van der Waals surface area contributed by atoms with Gasteiger partial charge in [-0.15, -0.1) is 22.7 Å². The van der Waals surface area contributed by atoms with Crippen molar-refractivity contribution >= 4 is 52.2 Å². The minimum absolute atomic E-state index is 1.19. The third-order valence-electron chi connectivity index (χ3n) is 11.7. The summed E-state index contributed by atoms with van der Waals surface area (Å²) in [5.74, 6) is 0. The van der Waals surface area contributed by atoms with Crippen LogP contribution in [0.2, 0.25) is 0 Å². The molecule has 8 aromatic rings. The van der Waals surface area contributed by atoms with Gasteiger partial charge in [0.25, 0.3) is 0 Å². The molecule has 0 atom stereocenters. The summed E-state index contributed by atoms with van der Waals surface area (Å²) < 4.78 is 5.56. The van der Waals surface area contributed by atoms with Gasteiger partial charge < -0.3 is 0 Å². The molecule has 8 rings (SSSR count). The molecule has 0 spiro atoms. The van der Waals surface area contributed by atoms with Crippen molar-refractivity contribution in [1.29, 1.82) is 0 Å². The fraction of sp³-hybridized carbons (Fsp3) is 0.296. The van der Waals surface area contributed by atoms with Gasteiger partial charge in [-0.2, -0.15) is 0 Å². The molecule has 0 aliphatic rings. The van der Waals surface area contributed by atoms with Crippen molar-refractivity contribution in [2.75, 3.05) is 0 Å². The van der Waals surface area contributed by atoms with Gasteiger partial charge in [0.05, 0.1) is 9.40 Å². The molecule has 0 saturated heterocycles. The highest BCUT2D eigenvalue weighted by Gasteiger charge is 2.14. The Bertz CT molecular complexity index is 2280. The molecule has 56 heavy (non-hydrogen) atoms. The first-order valence-electron chi connectivity index (χ1n) is 21.4. The highest BCUT2D eigenvalue weighted by atomic mass is 32.1. The fourth-order valence-electron chi connectivity index (χ4n) is 8.27. The maximum atomic E-state index is 2.39. The van der Waals surface area contributed by atoms with Crippen LogP contribution < -0.4 is 0 Å². The van der Waals surface area contributed by atoms with Crippen LogP contribution in [0.3, 0.4) is 0 Å². The normalized spacial score (nSPS) is 11.7. The van der Waals surface area contributed by atoms with Crippen molar-refractivity contribution in [2.45, 2.75) is 104 Å². The van der Waals surface area contributed by atoms with E-state index in [1.54, 1.807) is 0 Å². The van der Waals surface area contributed by atoms with Crippen molar-refractivity contribution in [1.82, 2.24) is 0 Å². The van der Waals surface area contributed by atoms with Crippen LogP contribution in [0.15, 0.2) is 133 Å². The first-order chi connectivity index (χ1) is 27.7. The number of unbranched alkanes of at least 4 members (excludes halogenated alkanes) is 10. The summed E-state index contributed by atoms with van der Waals surface area (Å²) >= 11 is 3.88.